The van der Waals surface area contributed by atoms with E-state index >= 15 is 0 Å². The first-order valence-corrected chi connectivity index (χ1v) is 8.79. The molecule has 12 heteroatoms. The van der Waals surface area contributed by atoms with Gasteiger partial charge >= 0.3 is 5.97 Å². The van der Waals surface area contributed by atoms with E-state index in [0.29, 0.717) is 25.1 Å². The molecule has 10 N–H and O–H groups in total. The van der Waals surface area contributed by atoms with Crippen LogP contribution in [0.5, 0.6) is 0 Å². The van der Waals surface area contributed by atoms with Gasteiger partial charge in [-0.15, -0.1) is 0 Å². The summed E-state index contributed by atoms with van der Waals surface area (Å²) < 4.78 is 0. The van der Waals surface area contributed by atoms with Gasteiger partial charge in [-0.2, -0.15) is 0 Å². The molecule has 3 atom stereocenters. The number of amides is 3. The number of carboxylic acids is 1. The Balaban J connectivity index is 2.84. The van der Waals surface area contributed by atoms with Gasteiger partial charge in [-0.3, -0.25) is 14.4 Å². The van der Waals surface area contributed by atoms with Gasteiger partial charge in [0, 0.05) is 18.3 Å². The number of hydrogen-bond donors (Lipinski definition) is 7. The van der Waals surface area contributed by atoms with Crippen molar-refractivity contribution in [2.24, 2.45) is 17.2 Å². The number of carbonyl (C=O) groups excluding carboxylic acids is 3. The van der Waals surface area contributed by atoms with Gasteiger partial charge in [0.1, 0.15) is 12.1 Å². The number of aromatic nitrogens is 2. The van der Waals surface area contributed by atoms with Crippen molar-refractivity contribution in [1.29, 1.82) is 0 Å². The molecule has 0 saturated heterocycles. The fraction of sp³-hybridized carbons (Fsp3) is 0.562. The number of imidazole rings is 1. The molecule has 0 aliphatic carbocycles. The third-order valence-corrected chi connectivity index (χ3v) is 3.93. The third kappa shape index (κ3) is 8.14. The Bertz CT molecular complexity index is 664. The molecule has 0 fully saturated rings. The minimum Gasteiger partial charge on any atom is -0.480 e. The van der Waals surface area contributed by atoms with E-state index in [9.17, 15) is 24.3 Å². The molecule has 0 saturated carbocycles. The minimum atomic E-state index is -1.23. The van der Waals surface area contributed by atoms with Crippen LogP contribution in [0, 0.1) is 0 Å². The fourth-order valence-corrected chi connectivity index (χ4v) is 2.44. The van der Waals surface area contributed by atoms with Crippen molar-refractivity contribution in [1.82, 2.24) is 20.6 Å². The normalized spacial score (nSPS) is 13.9. The lowest BCUT2D eigenvalue weighted by atomic mass is 10.1. The molecular weight excluding hydrogens is 370 g/mol. The van der Waals surface area contributed by atoms with E-state index in [1.165, 1.54) is 12.5 Å². The molecule has 1 heterocycles. The Morgan fingerprint density at radius 2 is 1.82 bits per heavy atom. The summed E-state index contributed by atoms with van der Waals surface area (Å²) in [4.78, 5) is 53.8. The van der Waals surface area contributed by atoms with Crippen LogP contribution in [0.15, 0.2) is 12.5 Å². The zero-order valence-corrected chi connectivity index (χ0v) is 15.4. The highest BCUT2D eigenvalue weighted by atomic mass is 16.4. The number of nitrogens with one attached hydrogen (secondary N) is 3. The molecular formula is C16H27N7O5. The molecule has 3 amide bonds. The van der Waals surface area contributed by atoms with E-state index in [-0.39, 0.29) is 19.3 Å². The number of H-pyrrole nitrogens is 1. The number of rotatable bonds is 13. The molecule has 0 radical (unpaired) electrons. The molecule has 1 rings (SSSR count). The Kier molecular flexibility index (Phi) is 9.60. The van der Waals surface area contributed by atoms with E-state index in [2.05, 4.69) is 20.6 Å². The molecule has 0 aliphatic rings. The first kappa shape index (κ1) is 23.0. The largest absolute Gasteiger partial charge is 0.480 e. The zero-order valence-electron chi connectivity index (χ0n) is 15.4. The maximum absolute atomic E-state index is 12.6. The summed E-state index contributed by atoms with van der Waals surface area (Å²) >= 11 is 0. The van der Waals surface area contributed by atoms with Crippen LogP contribution >= 0.6 is 0 Å². The fourth-order valence-electron chi connectivity index (χ4n) is 2.44. The lowest BCUT2D eigenvalue weighted by Crippen LogP contribution is -2.55. The highest BCUT2D eigenvalue weighted by molar-refractivity contribution is 5.93. The molecule has 3 unspecified atom stereocenters. The second kappa shape index (κ2) is 11.7. The van der Waals surface area contributed by atoms with Gasteiger partial charge in [-0.1, -0.05) is 0 Å². The predicted molar refractivity (Wildman–Crippen MR) is 98.5 cm³/mol. The standard InChI is InChI=1S/C16H27N7O5/c17-4-2-1-3-11(16(27)28)22-15(26)12(5-9-7-20-8-21-9)23-14(25)10(18)6-13(19)24/h7-8,10-12H,1-6,17-18H2,(H2,19,24)(H,20,21)(H,22,26)(H,23,25)(H,27,28). The summed E-state index contributed by atoms with van der Waals surface area (Å²) in [5, 5.41) is 14.1. The summed E-state index contributed by atoms with van der Waals surface area (Å²) in [6.45, 7) is 0.413. The lowest BCUT2D eigenvalue weighted by molar-refractivity contribution is -0.142. The second-order valence-electron chi connectivity index (χ2n) is 6.30. The van der Waals surface area contributed by atoms with Crippen molar-refractivity contribution in [2.75, 3.05) is 6.54 Å². The summed E-state index contributed by atoms with van der Waals surface area (Å²) in [5.41, 5.74) is 16.6. The monoisotopic (exact) mass is 397 g/mol. The van der Waals surface area contributed by atoms with E-state index in [1.54, 1.807) is 0 Å². The van der Waals surface area contributed by atoms with Gasteiger partial charge < -0.3 is 37.9 Å². The van der Waals surface area contributed by atoms with Gasteiger partial charge in [-0.05, 0) is 25.8 Å². The van der Waals surface area contributed by atoms with Crippen LogP contribution in [0.4, 0.5) is 0 Å². The van der Waals surface area contributed by atoms with Gasteiger partial charge in [0.25, 0.3) is 0 Å². The number of hydrogen-bond acceptors (Lipinski definition) is 7. The highest BCUT2D eigenvalue weighted by Gasteiger charge is 2.28. The van der Waals surface area contributed by atoms with E-state index in [4.69, 9.17) is 17.2 Å². The average molecular weight is 397 g/mol. The topological polar surface area (TPSA) is 219 Å². The van der Waals surface area contributed by atoms with Crippen LogP contribution in [-0.2, 0) is 25.6 Å². The molecule has 28 heavy (non-hydrogen) atoms. The molecule has 12 nitrogen and oxygen atoms in total. The van der Waals surface area contributed by atoms with Crippen molar-refractivity contribution < 1.29 is 24.3 Å². The third-order valence-electron chi connectivity index (χ3n) is 3.93. The smallest absolute Gasteiger partial charge is 0.326 e. The zero-order chi connectivity index (χ0) is 21.1. The maximum atomic E-state index is 12.6. The van der Waals surface area contributed by atoms with Crippen molar-refractivity contribution >= 4 is 23.7 Å². The van der Waals surface area contributed by atoms with Crippen LogP contribution in [0.25, 0.3) is 0 Å². The van der Waals surface area contributed by atoms with Crippen LogP contribution < -0.4 is 27.8 Å². The number of aromatic amines is 1. The molecule has 0 bridgehead atoms. The summed E-state index contributed by atoms with van der Waals surface area (Å²) in [6, 6.07) is -3.47. The first-order chi connectivity index (χ1) is 13.2. The summed E-state index contributed by atoms with van der Waals surface area (Å²) in [7, 11) is 0. The van der Waals surface area contributed by atoms with Gasteiger partial charge in [0.05, 0.1) is 18.8 Å². The second-order valence-corrected chi connectivity index (χ2v) is 6.30. The Labute approximate surface area is 161 Å². The SMILES string of the molecule is NCCCCC(NC(=O)C(Cc1cnc[nH]1)NC(=O)C(N)CC(N)=O)C(=O)O. The number of aliphatic carboxylic acids is 1. The molecule has 0 spiro atoms. The number of carbonyl (C=O) groups is 4. The highest BCUT2D eigenvalue weighted by Crippen LogP contribution is 2.04. The first-order valence-electron chi connectivity index (χ1n) is 8.79. The summed E-state index contributed by atoms with van der Waals surface area (Å²) in [6.07, 6.45) is 3.84. The van der Waals surface area contributed by atoms with E-state index in [0.717, 1.165) is 0 Å². The summed E-state index contributed by atoms with van der Waals surface area (Å²) in [5.74, 6) is -3.41. The van der Waals surface area contributed by atoms with Crippen molar-refractivity contribution in [3.63, 3.8) is 0 Å². The molecule has 0 aromatic carbocycles. The molecule has 156 valence electrons. The van der Waals surface area contributed by atoms with Crippen molar-refractivity contribution in [3.05, 3.63) is 18.2 Å². The molecule has 0 aliphatic heterocycles. The average Bonchev–Trinajstić information content (AvgIpc) is 3.12. The van der Waals surface area contributed by atoms with Gasteiger partial charge in [0.2, 0.25) is 17.7 Å². The quantitative estimate of drug-likeness (QED) is 0.174. The number of nitrogens with two attached hydrogens (primary N) is 3. The minimum absolute atomic E-state index is 0.0238. The predicted octanol–water partition coefficient (Wildman–Crippen LogP) is -2.66. The number of primary amides is 1. The maximum Gasteiger partial charge on any atom is 0.326 e. The van der Waals surface area contributed by atoms with E-state index < -0.39 is 41.8 Å². The van der Waals surface area contributed by atoms with Crippen LogP contribution in [0.1, 0.15) is 31.4 Å². The van der Waals surface area contributed by atoms with Crippen LogP contribution in [0.2, 0.25) is 0 Å². The van der Waals surface area contributed by atoms with Crippen molar-refractivity contribution in [2.45, 2.75) is 50.2 Å². The Morgan fingerprint density at radius 3 is 2.36 bits per heavy atom. The number of unbranched alkanes of at least 4 members (excludes halogenated alkanes) is 1. The van der Waals surface area contributed by atoms with Crippen molar-refractivity contribution in [3.8, 4) is 0 Å². The number of carboxylic acid groups (broad SMARTS) is 1. The number of nitrogens with zero attached hydrogens (tertiary/aromatic N) is 1. The molecule has 1 aromatic rings. The van der Waals surface area contributed by atoms with Crippen LogP contribution in [-0.4, -0.2) is 63.4 Å². The molecule has 1 aromatic heterocycles. The van der Waals surface area contributed by atoms with E-state index in [1.807, 2.05) is 0 Å². The Morgan fingerprint density at radius 1 is 1.14 bits per heavy atom. The lowest BCUT2D eigenvalue weighted by Gasteiger charge is -2.22. The Hall–Kier alpha value is -2.99. The van der Waals surface area contributed by atoms with Gasteiger partial charge in [0.15, 0.2) is 0 Å². The van der Waals surface area contributed by atoms with Crippen LogP contribution in [0.3, 0.4) is 0 Å². The van der Waals surface area contributed by atoms with Gasteiger partial charge in [-0.25, -0.2) is 9.78 Å².